The summed E-state index contributed by atoms with van der Waals surface area (Å²) in [7, 11) is 0. The van der Waals surface area contributed by atoms with Crippen molar-refractivity contribution in [3.63, 3.8) is 0 Å². The zero-order valence-corrected chi connectivity index (χ0v) is 11.0. The van der Waals surface area contributed by atoms with Gasteiger partial charge in [0.1, 0.15) is 0 Å². The number of hydrogen-bond donors (Lipinski definition) is 1. The van der Waals surface area contributed by atoms with Gasteiger partial charge in [0, 0.05) is 25.6 Å². The Morgan fingerprint density at radius 3 is 2.71 bits per heavy atom. The van der Waals surface area contributed by atoms with Crippen molar-refractivity contribution in [1.82, 2.24) is 10.3 Å². The molecule has 0 aliphatic rings. The lowest BCUT2D eigenvalue weighted by Crippen LogP contribution is -2.20. The zero-order valence-electron chi connectivity index (χ0n) is 11.0. The monoisotopic (exact) mass is 236 g/mol. The second kappa shape index (κ2) is 9.14. The fraction of sp³-hybridized carbons (Fsp3) is 0.643. The molecule has 1 N–H and O–H groups in total. The highest BCUT2D eigenvalue weighted by molar-refractivity contribution is 5.09. The number of ether oxygens (including phenoxy) is 1. The summed E-state index contributed by atoms with van der Waals surface area (Å²) in [5.74, 6) is 0.634. The van der Waals surface area contributed by atoms with E-state index in [-0.39, 0.29) is 0 Å². The Balaban J connectivity index is 1.88. The normalized spacial score (nSPS) is 11.0. The van der Waals surface area contributed by atoms with E-state index in [2.05, 4.69) is 36.3 Å². The van der Waals surface area contributed by atoms with Gasteiger partial charge in [-0.2, -0.15) is 0 Å². The number of nitrogens with one attached hydrogen (secondary N) is 1. The first-order valence-corrected chi connectivity index (χ1v) is 6.46. The standard InChI is InChI=1S/C14H24N2O/c1-13(2)12-17-11-3-7-15-8-4-14-5-9-16-10-6-14/h5-6,9-10,13,15H,3-4,7-8,11-12H2,1-2H3. The van der Waals surface area contributed by atoms with Gasteiger partial charge in [0.15, 0.2) is 0 Å². The SMILES string of the molecule is CC(C)COCCCNCCc1ccncc1. The smallest absolute Gasteiger partial charge is 0.0489 e. The van der Waals surface area contributed by atoms with Crippen molar-refractivity contribution in [1.29, 1.82) is 0 Å². The molecular formula is C14H24N2O. The molecule has 17 heavy (non-hydrogen) atoms. The predicted molar refractivity (Wildman–Crippen MR) is 71.1 cm³/mol. The molecule has 1 aromatic rings. The van der Waals surface area contributed by atoms with Crippen molar-refractivity contribution in [2.45, 2.75) is 26.7 Å². The first kappa shape index (κ1) is 14.1. The Hall–Kier alpha value is -0.930. The van der Waals surface area contributed by atoms with Gasteiger partial charge in [0.25, 0.3) is 0 Å². The minimum absolute atomic E-state index is 0.634. The van der Waals surface area contributed by atoms with Crippen LogP contribution in [0.3, 0.4) is 0 Å². The summed E-state index contributed by atoms with van der Waals surface area (Å²) in [4.78, 5) is 4.00. The molecule has 0 fully saturated rings. The quantitative estimate of drug-likeness (QED) is 0.668. The third-order valence-corrected chi connectivity index (χ3v) is 2.43. The molecule has 0 radical (unpaired) electrons. The lowest BCUT2D eigenvalue weighted by atomic mass is 10.2. The molecule has 96 valence electrons. The molecule has 0 spiro atoms. The van der Waals surface area contributed by atoms with E-state index in [1.807, 2.05) is 12.4 Å². The molecule has 0 amide bonds. The summed E-state index contributed by atoms with van der Waals surface area (Å²) in [6.45, 7) is 8.13. The lowest BCUT2D eigenvalue weighted by molar-refractivity contribution is 0.108. The van der Waals surface area contributed by atoms with Crippen molar-refractivity contribution >= 4 is 0 Å². The molecule has 0 saturated heterocycles. The molecule has 0 bridgehead atoms. The number of hydrogen-bond acceptors (Lipinski definition) is 3. The fourth-order valence-electron chi connectivity index (χ4n) is 1.53. The molecule has 3 heteroatoms. The van der Waals surface area contributed by atoms with Gasteiger partial charge >= 0.3 is 0 Å². The van der Waals surface area contributed by atoms with Gasteiger partial charge in [-0.25, -0.2) is 0 Å². The number of aromatic nitrogens is 1. The summed E-state index contributed by atoms with van der Waals surface area (Å²) in [6.07, 6.45) is 5.84. The van der Waals surface area contributed by atoms with Crippen LogP contribution in [0, 0.1) is 5.92 Å². The molecule has 1 aromatic heterocycles. The van der Waals surface area contributed by atoms with Crippen LogP contribution in [0.15, 0.2) is 24.5 Å². The highest BCUT2D eigenvalue weighted by atomic mass is 16.5. The van der Waals surface area contributed by atoms with Crippen molar-refractivity contribution in [3.05, 3.63) is 30.1 Å². The minimum Gasteiger partial charge on any atom is -0.381 e. The van der Waals surface area contributed by atoms with Gasteiger partial charge < -0.3 is 10.1 Å². The van der Waals surface area contributed by atoms with Crippen LogP contribution in [0.5, 0.6) is 0 Å². The first-order chi connectivity index (χ1) is 8.29. The Morgan fingerprint density at radius 1 is 1.24 bits per heavy atom. The molecule has 0 atom stereocenters. The van der Waals surface area contributed by atoms with E-state index < -0.39 is 0 Å². The van der Waals surface area contributed by atoms with Crippen molar-refractivity contribution < 1.29 is 4.74 Å². The fourth-order valence-corrected chi connectivity index (χ4v) is 1.53. The molecule has 0 unspecified atom stereocenters. The summed E-state index contributed by atoms with van der Waals surface area (Å²) in [6, 6.07) is 4.13. The van der Waals surface area contributed by atoms with Crippen LogP contribution >= 0.6 is 0 Å². The van der Waals surface area contributed by atoms with Gasteiger partial charge in [-0.3, -0.25) is 4.98 Å². The molecular weight excluding hydrogens is 212 g/mol. The predicted octanol–water partition coefficient (Wildman–Crippen LogP) is 2.28. The third-order valence-electron chi connectivity index (χ3n) is 2.43. The molecule has 1 rings (SSSR count). The Labute approximate surface area is 105 Å². The molecule has 3 nitrogen and oxygen atoms in total. The number of pyridine rings is 1. The highest BCUT2D eigenvalue weighted by Gasteiger charge is 1.94. The Kier molecular flexibility index (Phi) is 7.60. The van der Waals surface area contributed by atoms with Gasteiger partial charge in [-0.05, 0) is 49.5 Å². The van der Waals surface area contributed by atoms with Crippen molar-refractivity contribution in [3.8, 4) is 0 Å². The van der Waals surface area contributed by atoms with Gasteiger partial charge in [-0.15, -0.1) is 0 Å². The van der Waals surface area contributed by atoms with Crippen LogP contribution < -0.4 is 5.32 Å². The van der Waals surface area contributed by atoms with Crippen LogP contribution in [0.2, 0.25) is 0 Å². The topological polar surface area (TPSA) is 34.1 Å². The van der Waals surface area contributed by atoms with E-state index in [1.54, 1.807) is 0 Å². The summed E-state index contributed by atoms with van der Waals surface area (Å²) in [5, 5.41) is 3.42. The van der Waals surface area contributed by atoms with Crippen LogP contribution in [0.1, 0.15) is 25.8 Å². The molecule has 1 heterocycles. The van der Waals surface area contributed by atoms with E-state index in [0.29, 0.717) is 5.92 Å². The Bertz CT molecular complexity index is 275. The summed E-state index contributed by atoms with van der Waals surface area (Å²) in [5.41, 5.74) is 1.34. The van der Waals surface area contributed by atoms with Crippen LogP contribution in [-0.4, -0.2) is 31.3 Å². The maximum atomic E-state index is 5.51. The van der Waals surface area contributed by atoms with E-state index in [9.17, 15) is 0 Å². The molecule has 0 aliphatic heterocycles. The van der Waals surface area contributed by atoms with Gasteiger partial charge in [0.2, 0.25) is 0 Å². The van der Waals surface area contributed by atoms with Crippen LogP contribution in [0.25, 0.3) is 0 Å². The number of nitrogens with zero attached hydrogens (tertiary/aromatic N) is 1. The van der Waals surface area contributed by atoms with E-state index in [0.717, 1.165) is 39.1 Å². The van der Waals surface area contributed by atoms with E-state index in [1.165, 1.54) is 5.56 Å². The summed E-state index contributed by atoms with van der Waals surface area (Å²) >= 11 is 0. The second-order valence-electron chi connectivity index (χ2n) is 4.68. The second-order valence-corrected chi connectivity index (χ2v) is 4.68. The Morgan fingerprint density at radius 2 is 2.00 bits per heavy atom. The highest BCUT2D eigenvalue weighted by Crippen LogP contribution is 1.96. The first-order valence-electron chi connectivity index (χ1n) is 6.46. The molecule has 0 aromatic carbocycles. The third kappa shape index (κ3) is 7.88. The van der Waals surface area contributed by atoms with Crippen molar-refractivity contribution in [2.75, 3.05) is 26.3 Å². The summed E-state index contributed by atoms with van der Waals surface area (Å²) < 4.78 is 5.51. The maximum Gasteiger partial charge on any atom is 0.0489 e. The van der Waals surface area contributed by atoms with Crippen molar-refractivity contribution in [2.24, 2.45) is 5.92 Å². The van der Waals surface area contributed by atoms with Crippen LogP contribution in [-0.2, 0) is 11.2 Å². The minimum atomic E-state index is 0.634. The van der Waals surface area contributed by atoms with E-state index in [4.69, 9.17) is 4.74 Å². The van der Waals surface area contributed by atoms with Gasteiger partial charge in [0.05, 0.1) is 0 Å². The average Bonchev–Trinajstić information content (AvgIpc) is 2.33. The molecule has 0 saturated carbocycles. The van der Waals surface area contributed by atoms with Gasteiger partial charge in [-0.1, -0.05) is 13.8 Å². The van der Waals surface area contributed by atoms with E-state index >= 15 is 0 Å². The number of rotatable bonds is 9. The molecule has 0 aliphatic carbocycles. The zero-order chi connectivity index (χ0) is 12.3. The maximum absolute atomic E-state index is 5.51. The average molecular weight is 236 g/mol. The largest absolute Gasteiger partial charge is 0.381 e. The van der Waals surface area contributed by atoms with Crippen LogP contribution in [0.4, 0.5) is 0 Å². The lowest BCUT2D eigenvalue weighted by Gasteiger charge is -2.07.